The molecule has 4 heteroatoms. The fraction of sp³-hybridized carbons (Fsp3) is 0.533. The maximum absolute atomic E-state index is 4.12. The number of hydrogen-bond acceptors (Lipinski definition) is 3. The normalized spacial score (nSPS) is 10.8. The Morgan fingerprint density at radius 3 is 2.47 bits per heavy atom. The lowest BCUT2D eigenvalue weighted by molar-refractivity contribution is 0.519. The highest BCUT2D eigenvalue weighted by atomic mass is 15.5. The van der Waals surface area contributed by atoms with E-state index in [0.29, 0.717) is 0 Å². The fourth-order valence-corrected chi connectivity index (χ4v) is 2.19. The summed E-state index contributed by atoms with van der Waals surface area (Å²) in [7, 11) is 0. The number of aryl methyl sites for hydroxylation is 1. The van der Waals surface area contributed by atoms with Crippen molar-refractivity contribution in [1.29, 1.82) is 0 Å². The first-order valence-electron chi connectivity index (χ1n) is 7.23. The molecule has 0 fully saturated rings. The first-order chi connectivity index (χ1) is 9.42. The van der Waals surface area contributed by atoms with Crippen molar-refractivity contribution in [3.05, 3.63) is 30.3 Å². The average molecular weight is 258 g/mol. The molecule has 0 aliphatic rings. The lowest BCUT2D eigenvalue weighted by Gasteiger charge is -2.04. The minimum Gasteiger partial charge on any atom is -0.225 e. The first-order valence-corrected chi connectivity index (χ1v) is 7.23. The van der Waals surface area contributed by atoms with E-state index in [9.17, 15) is 0 Å². The van der Waals surface area contributed by atoms with Crippen molar-refractivity contribution >= 4 is 0 Å². The summed E-state index contributed by atoms with van der Waals surface area (Å²) < 4.78 is 1.91. The van der Waals surface area contributed by atoms with Crippen molar-refractivity contribution in [3.8, 4) is 11.4 Å². The number of unbranched alkanes of at least 4 members (excludes halogenated alkanes) is 5. The molecule has 0 radical (unpaired) electrons. The molecule has 2 aromatic rings. The Labute approximate surface area is 114 Å². The van der Waals surface area contributed by atoms with Crippen molar-refractivity contribution in [1.82, 2.24) is 20.2 Å². The van der Waals surface area contributed by atoms with Crippen LogP contribution in [0.5, 0.6) is 0 Å². The van der Waals surface area contributed by atoms with Gasteiger partial charge in [-0.15, -0.1) is 5.10 Å². The molecule has 0 atom stereocenters. The quantitative estimate of drug-likeness (QED) is 0.678. The third-order valence-corrected chi connectivity index (χ3v) is 3.29. The fourth-order valence-electron chi connectivity index (χ4n) is 2.19. The van der Waals surface area contributed by atoms with Gasteiger partial charge in [-0.1, -0.05) is 69.4 Å². The molecular weight excluding hydrogens is 236 g/mol. The van der Waals surface area contributed by atoms with E-state index in [1.807, 2.05) is 35.0 Å². The van der Waals surface area contributed by atoms with Crippen LogP contribution in [0.4, 0.5) is 0 Å². The second kappa shape index (κ2) is 7.67. The summed E-state index contributed by atoms with van der Waals surface area (Å²) >= 11 is 0. The zero-order chi connectivity index (χ0) is 13.3. The summed E-state index contributed by atoms with van der Waals surface area (Å²) in [6.45, 7) is 3.15. The van der Waals surface area contributed by atoms with Gasteiger partial charge in [0.25, 0.3) is 0 Å². The van der Waals surface area contributed by atoms with Gasteiger partial charge in [0.2, 0.25) is 0 Å². The van der Waals surface area contributed by atoms with Crippen LogP contribution in [0.2, 0.25) is 0 Å². The van der Waals surface area contributed by atoms with Gasteiger partial charge >= 0.3 is 0 Å². The summed E-state index contributed by atoms with van der Waals surface area (Å²) in [5.41, 5.74) is 1.08. The Kier molecular flexibility index (Phi) is 5.53. The highest BCUT2D eigenvalue weighted by Gasteiger charge is 2.07. The van der Waals surface area contributed by atoms with E-state index in [2.05, 4.69) is 22.4 Å². The van der Waals surface area contributed by atoms with E-state index in [1.54, 1.807) is 0 Å². The van der Waals surface area contributed by atoms with Crippen LogP contribution in [0, 0.1) is 0 Å². The smallest absolute Gasteiger partial charge is 0.182 e. The van der Waals surface area contributed by atoms with E-state index in [1.165, 1.54) is 32.1 Å². The molecule has 1 heterocycles. The van der Waals surface area contributed by atoms with Crippen LogP contribution in [-0.2, 0) is 6.54 Å². The van der Waals surface area contributed by atoms with E-state index >= 15 is 0 Å². The number of hydrogen-bond donors (Lipinski definition) is 0. The van der Waals surface area contributed by atoms with Crippen LogP contribution in [0.3, 0.4) is 0 Å². The summed E-state index contributed by atoms with van der Waals surface area (Å²) in [4.78, 5) is 0. The van der Waals surface area contributed by atoms with Gasteiger partial charge in [0, 0.05) is 12.1 Å². The van der Waals surface area contributed by atoms with Gasteiger partial charge in [-0.05, 0) is 16.8 Å². The van der Waals surface area contributed by atoms with Crippen molar-refractivity contribution < 1.29 is 0 Å². The molecule has 2 rings (SSSR count). The molecule has 19 heavy (non-hydrogen) atoms. The van der Waals surface area contributed by atoms with Crippen molar-refractivity contribution in [2.45, 2.75) is 52.0 Å². The van der Waals surface area contributed by atoms with E-state index in [0.717, 1.165) is 24.4 Å². The number of benzene rings is 1. The maximum atomic E-state index is 4.12. The monoisotopic (exact) mass is 258 g/mol. The van der Waals surface area contributed by atoms with Gasteiger partial charge in [0.15, 0.2) is 5.82 Å². The van der Waals surface area contributed by atoms with E-state index in [-0.39, 0.29) is 0 Å². The van der Waals surface area contributed by atoms with Gasteiger partial charge in [-0.2, -0.15) is 0 Å². The largest absolute Gasteiger partial charge is 0.225 e. The third-order valence-electron chi connectivity index (χ3n) is 3.29. The Bertz CT molecular complexity index is 464. The average Bonchev–Trinajstić information content (AvgIpc) is 2.92. The molecule has 1 aromatic carbocycles. The lowest BCUT2D eigenvalue weighted by atomic mass is 10.1. The van der Waals surface area contributed by atoms with Gasteiger partial charge in [0.1, 0.15) is 0 Å². The molecule has 0 aliphatic heterocycles. The molecule has 0 aliphatic carbocycles. The van der Waals surface area contributed by atoms with Crippen LogP contribution in [0.15, 0.2) is 30.3 Å². The molecule has 1 aromatic heterocycles. The molecule has 0 saturated carbocycles. The van der Waals surface area contributed by atoms with Gasteiger partial charge in [0.05, 0.1) is 0 Å². The highest BCUT2D eigenvalue weighted by Crippen LogP contribution is 2.15. The number of aromatic nitrogens is 4. The second-order valence-electron chi connectivity index (χ2n) is 4.86. The second-order valence-corrected chi connectivity index (χ2v) is 4.86. The van der Waals surface area contributed by atoms with Crippen LogP contribution >= 0.6 is 0 Å². The lowest BCUT2D eigenvalue weighted by Crippen LogP contribution is -2.03. The molecule has 0 bridgehead atoms. The molecule has 0 amide bonds. The molecular formula is C15H22N4. The topological polar surface area (TPSA) is 43.6 Å². The predicted octanol–water partition coefficient (Wildman–Crippen LogP) is 3.70. The summed E-state index contributed by atoms with van der Waals surface area (Å²) in [6, 6.07) is 10.1. The van der Waals surface area contributed by atoms with E-state index in [4.69, 9.17) is 0 Å². The Morgan fingerprint density at radius 1 is 0.947 bits per heavy atom. The zero-order valence-electron chi connectivity index (χ0n) is 11.6. The van der Waals surface area contributed by atoms with Crippen LogP contribution in [-0.4, -0.2) is 20.2 Å². The SMILES string of the molecule is CCCCCCCCn1nnnc1-c1ccccc1. The summed E-state index contributed by atoms with van der Waals surface area (Å²) in [5, 5.41) is 12.0. The van der Waals surface area contributed by atoms with Crippen molar-refractivity contribution in [2.75, 3.05) is 0 Å². The van der Waals surface area contributed by atoms with Crippen LogP contribution in [0.25, 0.3) is 11.4 Å². The standard InChI is InChI=1S/C15H22N4/c1-2-3-4-5-6-10-13-19-15(16-17-18-19)14-11-8-7-9-12-14/h7-9,11-12H,2-6,10,13H2,1H3. The molecule has 0 N–H and O–H groups in total. The highest BCUT2D eigenvalue weighted by molar-refractivity contribution is 5.53. The summed E-state index contributed by atoms with van der Waals surface area (Å²) in [6.07, 6.45) is 7.71. The Balaban J connectivity index is 1.83. The molecule has 4 nitrogen and oxygen atoms in total. The molecule has 102 valence electrons. The molecule has 0 unspecified atom stereocenters. The first kappa shape index (κ1) is 13.7. The summed E-state index contributed by atoms with van der Waals surface area (Å²) in [5.74, 6) is 0.870. The van der Waals surface area contributed by atoms with Gasteiger partial charge < -0.3 is 0 Å². The number of tetrazole rings is 1. The Hall–Kier alpha value is -1.71. The molecule has 0 spiro atoms. The Morgan fingerprint density at radius 2 is 1.68 bits per heavy atom. The van der Waals surface area contributed by atoms with Crippen molar-refractivity contribution in [3.63, 3.8) is 0 Å². The minimum atomic E-state index is 0.870. The zero-order valence-corrected chi connectivity index (χ0v) is 11.6. The van der Waals surface area contributed by atoms with Gasteiger partial charge in [-0.3, -0.25) is 0 Å². The number of rotatable bonds is 8. The number of nitrogens with zero attached hydrogens (tertiary/aromatic N) is 4. The van der Waals surface area contributed by atoms with E-state index < -0.39 is 0 Å². The van der Waals surface area contributed by atoms with Crippen LogP contribution < -0.4 is 0 Å². The van der Waals surface area contributed by atoms with Crippen LogP contribution in [0.1, 0.15) is 45.4 Å². The maximum Gasteiger partial charge on any atom is 0.182 e. The van der Waals surface area contributed by atoms with Gasteiger partial charge in [-0.25, -0.2) is 4.68 Å². The predicted molar refractivity (Wildman–Crippen MR) is 76.6 cm³/mol. The van der Waals surface area contributed by atoms with Crippen molar-refractivity contribution in [2.24, 2.45) is 0 Å². The molecule has 0 saturated heterocycles. The third kappa shape index (κ3) is 4.16. The minimum absolute atomic E-state index is 0.870.